The zero-order valence-corrected chi connectivity index (χ0v) is 13.3. The van der Waals surface area contributed by atoms with Gasteiger partial charge in [-0.05, 0) is 36.5 Å². The molecular formula is C15H21BrN2O2. The largest absolute Gasteiger partial charge is 0.392 e. The van der Waals surface area contributed by atoms with Crippen LogP contribution in [0.25, 0.3) is 0 Å². The van der Waals surface area contributed by atoms with Gasteiger partial charge in [0, 0.05) is 36.7 Å². The quantitative estimate of drug-likeness (QED) is 0.884. The van der Waals surface area contributed by atoms with Crippen molar-refractivity contribution in [2.45, 2.75) is 26.4 Å². The maximum atomic E-state index is 10.9. The Morgan fingerprint density at radius 1 is 1.45 bits per heavy atom. The first kappa shape index (κ1) is 15.3. The topological polar surface area (TPSA) is 52.6 Å². The van der Waals surface area contributed by atoms with Crippen molar-refractivity contribution >= 4 is 27.5 Å². The number of benzene rings is 1. The van der Waals surface area contributed by atoms with Crippen molar-refractivity contribution in [1.29, 1.82) is 0 Å². The van der Waals surface area contributed by atoms with E-state index in [1.54, 1.807) is 6.92 Å². The maximum Gasteiger partial charge on any atom is 0.216 e. The van der Waals surface area contributed by atoms with E-state index in [1.165, 1.54) is 5.69 Å². The number of piperidine rings is 1. The number of aliphatic hydroxyl groups is 1. The predicted octanol–water partition coefficient (Wildman–Crippen LogP) is 2.29. The van der Waals surface area contributed by atoms with Gasteiger partial charge >= 0.3 is 0 Å². The van der Waals surface area contributed by atoms with Crippen LogP contribution in [0, 0.1) is 5.92 Å². The molecule has 4 nitrogen and oxygen atoms in total. The van der Waals surface area contributed by atoms with Crippen molar-refractivity contribution in [2.24, 2.45) is 5.92 Å². The Morgan fingerprint density at radius 2 is 2.15 bits per heavy atom. The summed E-state index contributed by atoms with van der Waals surface area (Å²) >= 11 is 3.49. The van der Waals surface area contributed by atoms with Gasteiger partial charge in [0.05, 0.1) is 6.61 Å². The zero-order valence-electron chi connectivity index (χ0n) is 11.7. The highest BCUT2D eigenvalue weighted by Gasteiger charge is 2.19. The van der Waals surface area contributed by atoms with Crippen LogP contribution in [0.2, 0.25) is 0 Å². The molecule has 5 heteroatoms. The van der Waals surface area contributed by atoms with Crippen molar-refractivity contribution in [1.82, 2.24) is 5.32 Å². The first-order valence-electron chi connectivity index (χ1n) is 6.99. The van der Waals surface area contributed by atoms with Crippen molar-refractivity contribution in [2.75, 3.05) is 24.5 Å². The van der Waals surface area contributed by atoms with E-state index >= 15 is 0 Å². The maximum absolute atomic E-state index is 10.9. The van der Waals surface area contributed by atoms with E-state index in [-0.39, 0.29) is 12.5 Å². The molecule has 0 bridgehead atoms. The highest BCUT2D eigenvalue weighted by atomic mass is 79.9. The molecule has 0 atom stereocenters. The number of nitrogens with zero attached hydrogens (tertiary/aromatic N) is 1. The lowest BCUT2D eigenvalue weighted by Crippen LogP contribution is -2.38. The van der Waals surface area contributed by atoms with Crippen LogP contribution in [0.3, 0.4) is 0 Å². The fourth-order valence-electron chi connectivity index (χ4n) is 2.54. The minimum Gasteiger partial charge on any atom is -0.392 e. The molecule has 1 aromatic carbocycles. The van der Waals surface area contributed by atoms with Gasteiger partial charge in [-0.3, -0.25) is 4.79 Å². The van der Waals surface area contributed by atoms with E-state index < -0.39 is 0 Å². The first-order chi connectivity index (χ1) is 9.60. The fourth-order valence-corrected chi connectivity index (χ4v) is 3.04. The molecule has 0 saturated carbocycles. The minimum atomic E-state index is 0.0518. The van der Waals surface area contributed by atoms with Crippen LogP contribution >= 0.6 is 15.9 Å². The van der Waals surface area contributed by atoms with Gasteiger partial charge in [0.15, 0.2) is 0 Å². The highest BCUT2D eigenvalue weighted by molar-refractivity contribution is 9.10. The highest BCUT2D eigenvalue weighted by Crippen LogP contribution is 2.27. The van der Waals surface area contributed by atoms with Crippen molar-refractivity contribution in [3.63, 3.8) is 0 Å². The molecule has 1 fully saturated rings. The molecule has 0 radical (unpaired) electrons. The normalized spacial score (nSPS) is 16.2. The van der Waals surface area contributed by atoms with E-state index in [1.807, 2.05) is 6.07 Å². The number of halogens is 1. The number of nitrogens with one attached hydrogen (secondary N) is 1. The Balaban J connectivity index is 1.90. The van der Waals surface area contributed by atoms with Crippen LogP contribution in [-0.2, 0) is 11.4 Å². The smallest absolute Gasteiger partial charge is 0.216 e. The molecule has 0 aliphatic carbocycles. The van der Waals surface area contributed by atoms with Crippen LogP contribution in [0.4, 0.5) is 5.69 Å². The SMILES string of the molecule is CC(=O)NCC1CCN(c2ccc(CO)c(Br)c2)CC1. The zero-order chi connectivity index (χ0) is 14.5. The molecule has 1 amide bonds. The molecule has 1 saturated heterocycles. The Hall–Kier alpha value is -1.07. The van der Waals surface area contributed by atoms with Gasteiger partial charge in [0.2, 0.25) is 5.91 Å². The van der Waals surface area contributed by atoms with E-state index in [4.69, 9.17) is 0 Å². The number of hydrogen-bond acceptors (Lipinski definition) is 3. The summed E-state index contributed by atoms with van der Waals surface area (Å²) in [6.45, 7) is 4.43. The van der Waals surface area contributed by atoms with E-state index in [0.717, 1.165) is 42.5 Å². The number of carbonyl (C=O) groups excluding carboxylic acids is 1. The van der Waals surface area contributed by atoms with Gasteiger partial charge in [0.25, 0.3) is 0 Å². The van der Waals surface area contributed by atoms with Crippen LogP contribution in [0.1, 0.15) is 25.3 Å². The van der Waals surface area contributed by atoms with Crippen molar-refractivity contribution in [3.05, 3.63) is 28.2 Å². The van der Waals surface area contributed by atoms with Gasteiger partial charge < -0.3 is 15.3 Å². The molecule has 1 heterocycles. The van der Waals surface area contributed by atoms with Crippen molar-refractivity contribution in [3.8, 4) is 0 Å². The lowest BCUT2D eigenvalue weighted by atomic mass is 9.96. The molecule has 110 valence electrons. The molecule has 1 aliphatic heterocycles. The van der Waals surface area contributed by atoms with Crippen molar-refractivity contribution < 1.29 is 9.90 Å². The molecule has 1 aliphatic rings. The molecule has 0 spiro atoms. The summed E-state index contributed by atoms with van der Waals surface area (Å²) in [4.78, 5) is 13.3. The summed E-state index contributed by atoms with van der Waals surface area (Å²) in [6.07, 6.45) is 2.19. The lowest BCUT2D eigenvalue weighted by Gasteiger charge is -2.34. The monoisotopic (exact) mass is 340 g/mol. The Morgan fingerprint density at radius 3 is 2.70 bits per heavy atom. The second-order valence-corrected chi connectivity index (χ2v) is 6.16. The Kier molecular flexibility index (Phi) is 5.43. The standard InChI is InChI=1S/C15H21BrN2O2/c1-11(20)17-9-12-4-6-18(7-5-12)14-3-2-13(10-19)15(16)8-14/h2-3,8,12,19H,4-7,9-10H2,1H3,(H,17,20). The number of hydrogen-bond donors (Lipinski definition) is 2. The summed E-state index contributed by atoms with van der Waals surface area (Å²) in [5, 5.41) is 12.1. The third-order valence-electron chi connectivity index (χ3n) is 3.83. The molecule has 2 rings (SSSR count). The lowest BCUT2D eigenvalue weighted by molar-refractivity contribution is -0.119. The Labute approximate surface area is 128 Å². The van der Waals surface area contributed by atoms with Crippen LogP contribution in [0.15, 0.2) is 22.7 Å². The van der Waals surface area contributed by atoms with Crippen LogP contribution < -0.4 is 10.2 Å². The van der Waals surface area contributed by atoms with Crippen LogP contribution in [-0.4, -0.2) is 30.6 Å². The number of anilines is 1. The second kappa shape index (κ2) is 7.09. The number of rotatable bonds is 4. The third kappa shape index (κ3) is 3.96. The van der Waals surface area contributed by atoms with Gasteiger partial charge in [-0.1, -0.05) is 22.0 Å². The summed E-state index contributed by atoms with van der Waals surface area (Å²) < 4.78 is 0.956. The minimum absolute atomic E-state index is 0.0518. The first-order valence-corrected chi connectivity index (χ1v) is 7.78. The number of aliphatic hydroxyl groups excluding tert-OH is 1. The fraction of sp³-hybridized carbons (Fsp3) is 0.533. The van der Waals surface area contributed by atoms with Gasteiger partial charge in [-0.15, -0.1) is 0 Å². The molecule has 0 unspecified atom stereocenters. The van der Waals surface area contributed by atoms with Gasteiger partial charge in [-0.2, -0.15) is 0 Å². The molecule has 1 aromatic rings. The van der Waals surface area contributed by atoms with E-state index in [9.17, 15) is 9.90 Å². The van der Waals surface area contributed by atoms with Gasteiger partial charge in [-0.25, -0.2) is 0 Å². The molecule has 2 N–H and O–H groups in total. The predicted molar refractivity (Wildman–Crippen MR) is 83.7 cm³/mol. The van der Waals surface area contributed by atoms with Crippen LogP contribution in [0.5, 0.6) is 0 Å². The third-order valence-corrected chi connectivity index (χ3v) is 4.56. The Bertz CT molecular complexity index is 471. The molecule has 0 aromatic heterocycles. The molecule has 20 heavy (non-hydrogen) atoms. The summed E-state index contributed by atoms with van der Waals surface area (Å²) in [7, 11) is 0. The average Bonchev–Trinajstić information content (AvgIpc) is 2.45. The van der Waals surface area contributed by atoms with Gasteiger partial charge in [0.1, 0.15) is 0 Å². The summed E-state index contributed by atoms with van der Waals surface area (Å²) in [5.41, 5.74) is 2.10. The van der Waals surface area contributed by atoms with E-state index in [2.05, 4.69) is 38.3 Å². The molecular weight excluding hydrogens is 320 g/mol. The van der Waals surface area contributed by atoms with E-state index in [0.29, 0.717) is 5.92 Å². The summed E-state index contributed by atoms with van der Waals surface area (Å²) in [5.74, 6) is 0.631. The number of carbonyl (C=O) groups is 1. The average molecular weight is 341 g/mol. The second-order valence-electron chi connectivity index (χ2n) is 5.30. The number of amides is 1. The summed E-state index contributed by atoms with van der Waals surface area (Å²) in [6, 6.07) is 6.09.